The van der Waals surface area contributed by atoms with Crippen LogP contribution in [-0.2, 0) is 9.47 Å². The number of carbonyl (C=O) groups excluding carboxylic acids is 1. The molecule has 0 aromatic rings. The molecule has 1 rings (SSSR count). The number of rotatable bonds is 3. The molecular weight excluding hydrogens is 277 g/mol. The predicted molar refractivity (Wildman–Crippen MR) is 66.2 cm³/mol. The van der Waals surface area contributed by atoms with E-state index in [1.165, 1.54) is 4.90 Å². The van der Waals surface area contributed by atoms with E-state index in [0.717, 1.165) is 0 Å². The fraction of sp³-hybridized carbons (Fsp3) is 0.917. The molecule has 1 N–H and O–H groups in total. The zero-order valence-electron chi connectivity index (χ0n) is 12.1. The van der Waals surface area contributed by atoms with Gasteiger partial charge in [-0.25, -0.2) is 4.79 Å². The highest BCUT2D eigenvalue weighted by molar-refractivity contribution is 5.69. The maximum Gasteiger partial charge on any atom is 0.522 e. The molecule has 20 heavy (non-hydrogen) atoms. The molecule has 1 fully saturated rings. The number of ether oxygens (including phenoxy) is 2. The standard InChI is InChI=1S/C12H21F3N2O3/c1-11(2,3)20-10(18)17-7-9(19-12(13,14)15)5-8(17)6-16-4/h8-9,16H,5-7H2,1-4H3/t8-,9-/m0/s1. The lowest BCUT2D eigenvalue weighted by Crippen LogP contribution is -2.43. The Morgan fingerprint density at radius 1 is 1.35 bits per heavy atom. The van der Waals surface area contributed by atoms with Crippen LogP contribution in [0, 0.1) is 0 Å². The van der Waals surface area contributed by atoms with Crippen molar-refractivity contribution in [2.24, 2.45) is 0 Å². The summed E-state index contributed by atoms with van der Waals surface area (Å²) in [7, 11) is 1.67. The van der Waals surface area contributed by atoms with Gasteiger partial charge >= 0.3 is 12.5 Å². The first-order chi connectivity index (χ1) is 9.02. The second-order valence-electron chi connectivity index (χ2n) is 5.77. The quantitative estimate of drug-likeness (QED) is 0.867. The Labute approximate surface area is 116 Å². The lowest BCUT2D eigenvalue weighted by molar-refractivity contribution is -0.340. The molecule has 0 bridgehead atoms. The van der Waals surface area contributed by atoms with E-state index in [1.807, 2.05) is 0 Å². The highest BCUT2D eigenvalue weighted by Crippen LogP contribution is 2.28. The Hall–Kier alpha value is -1.02. The van der Waals surface area contributed by atoms with Crippen LogP contribution >= 0.6 is 0 Å². The van der Waals surface area contributed by atoms with Gasteiger partial charge in [-0.05, 0) is 34.2 Å². The number of nitrogens with zero attached hydrogens (tertiary/aromatic N) is 1. The summed E-state index contributed by atoms with van der Waals surface area (Å²) in [5, 5.41) is 2.85. The van der Waals surface area contributed by atoms with Crippen LogP contribution in [-0.4, -0.2) is 55.2 Å². The number of carbonyl (C=O) groups is 1. The van der Waals surface area contributed by atoms with Crippen LogP contribution in [0.15, 0.2) is 0 Å². The molecule has 0 radical (unpaired) electrons. The number of likely N-dealkylation sites (N-methyl/N-ethyl adjacent to an activating group) is 1. The summed E-state index contributed by atoms with van der Waals surface area (Å²) >= 11 is 0. The van der Waals surface area contributed by atoms with Gasteiger partial charge in [-0.3, -0.25) is 4.74 Å². The molecule has 0 spiro atoms. The molecule has 0 aromatic carbocycles. The van der Waals surface area contributed by atoms with Gasteiger partial charge in [0.25, 0.3) is 0 Å². The van der Waals surface area contributed by atoms with Crippen molar-refractivity contribution in [3.8, 4) is 0 Å². The third-order valence-corrected chi connectivity index (χ3v) is 2.74. The molecule has 0 unspecified atom stereocenters. The van der Waals surface area contributed by atoms with Gasteiger partial charge in [-0.2, -0.15) is 0 Å². The number of hydrogen-bond donors (Lipinski definition) is 1. The lowest BCUT2D eigenvalue weighted by atomic mass is 10.2. The summed E-state index contributed by atoms with van der Waals surface area (Å²) in [6, 6.07) is -0.373. The third kappa shape index (κ3) is 5.54. The molecular formula is C12H21F3N2O3. The summed E-state index contributed by atoms with van der Waals surface area (Å²) < 4.78 is 45.9. The second kappa shape index (κ2) is 6.17. The largest absolute Gasteiger partial charge is 0.522 e. The number of hydrogen-bond acceptors (Lipinski definition) is 4. The average Bonchev–Trinajstić information content (AvgIpc) is 2.56. The van der Waals surface area contributed by atoms with E-state index in [1.54, 1.807) is 27.8 Å². The number of amides is 1. The molecule has 1 amide bonds. The van der Waals surface area contributed by atoms with Gasteiger partial charge < -0.3 is 15.0 Å². The Morgan fingerprint density at radius 2 is 1.95 bits per heavy atom. The van der Waals surface area contributed by atoms with Crippen LogP contribution < -0.4 is 5.32 Å². The molecule has 0 saturated carbocycles. The van der Waals surface area contributed by atoms with Crippen molar-refractivity contribution in [2.75, 3.05) is 20.1 Å². The van der Waals surface area contributed by atoms with Crippen LogP contribution in [0.3, 0.4) is 0 Å². The summed E-state index contributed by atoms with van der Waals surface area (Å²) in [6.45, 7) is 5.38. The number of likely N-dealkylation sites (tertiary alicyclic amines) is 1. The number of nitrogens with one attached hydrogen (secondary N) is 1. The summed E-state index contributed by atoms with van der Waals surface area (Å²) in [6.07, 6.45) is -6.25. The van der Waals surface area contributed by atoms with E-state index in [2.05, 4.69) is 10.1 Å². The molecule has 1 heterocycles. The van der Waals surface area contributed by atoms with Crippen molar-refractivity contribution in [3.63, 3.8) is 0 Å². The Kier molecular flexibility index (Phi) is 5.26. The molecule has 2 atom stereocenters. The molecule has 1 saturated heterocycles. The first-order valence-electron chi connectivity index (χ1n) is 6.40. The monoisotopic (exact) mass is 298 g/mol. The Bertz CT molecular complexity index is 342. The molecule has 118 valence electrons. The average molecular weight is 298 g/mol. The molecule has 8 heteroatoms. The van der Waals surface area contributed by atoms with Crippen molar-refractivity contribution in [1.82, 2.24) is 10.2 Å². The number of halogens is 3. The fourth-order valence-electron chi connectivity index (χ4n) is 2.12. The SMILES string of the molecule is CNC[C@@H]1C[C@H](OC(F)(F)F)CN1C(=O)OC(C)(C)C. The van der Waals surface area contributed by atoms with Gasteiger partial charge in [0, 0.05) is 6.54 Å². The molecule has 0 aromatic heterocycles. The Morgan fingerprint density at radius 3 is 2.40 bits per heavy atom. The van der Waals surface area contributed by atoms with E-state index in [9.17, 15) is 18.0 Å². The predicted octanol–water partition coefficient (Wildman–Crippen LogP) is 2.12. The maximum atomic E-state index is 12.2. The van der Waals surface area contributed by atoms with Crippen LogP contribution in [0.1, 0.15) is 27.2 Å². The van der Waals surface area contributed by atoms with Gasteiger partial charge in [0.2, 0.25) is 0 Å². The first-order valence-corrected chi connectivity index (χ1v) is 6.40. The van der Waals surface area contributed by atoms with Crippen molar-refractivity contribution in [2.45, 2.75) is 51.3 Å². The van der Waals surface area contributed by atoms with Crippen molar-refractivity contribution in [3.05, 3.63) is 0 Å². The lowest BCUT2D eigenvalue weighted by Gasteiger charge is -2.28. The van der Waals surface area contributed by atoms with Gasteiger partial charge in [-0.1, -0.05) is 0 Å². The van der Waals surface area contributed by atoms with E-state index >= 15 is 0 Å². The smallest absolute Gasteiger partial charge is 0.444 e. The van der Waals surface area contributed by atoms with Crippen LogP contribution in [0.2, 0.25) is 0 Å². The van der Waals surface area contributed by atoms with E-state index < -0.39 is 24.2 Å². The second-order valence-corrected chi connectivity index (χ2v) is 5.77. The highest BCUT2D eigenvalue weighted by Gasteiger charge is 2.43. The van der Waals surface area contributed by atoms with Gasteiger partial charge in [0.1, 0.15) is 5.60 Å². The first kappa shape index (κ1) is 17.0. The van der Waals surface area contributed by atoms with Crippen molar-refractivity contribution in [1.29, 1.82) is 0 Å². The Balaban J connectivity index is 2.69. The topological polar surface area (TPSA) is 50.8 Å². The molecule has 1 aliphatic heterocycles. The zero-order valence-corrected chi connectivity index (χ0v) is 12.1. The summed E-state index contributed by atoms with van der Waals surface area (Å²) in [5.41, 5.74) is -0.690. The highest BCUT2D eigenvalue weighted by atomic mass is 19.4. The van der Waals surface area contributed by atoms with E-state index in [4.69, 9.17) is 4.74 Å². The maximum absolute atomic E-state index is 12.2. The van der Waals surface area contributed by atoms with Gasteiger partial charge in [-0.15, -0.1) is 13.2 Å². The fourth-order valence-corrected chi connectivity index (χ4v) is 2.12. The van der Waals surface area contributed by atoms with Crippen molar-refractivity contribution < 1.29 is 27.4 Å². The normalized spacial score (nSPS) is 24.1. The van der Waals surface area contributed by atoms with Crippen molar-refractivity contribution >= 4 is 6.09 Å². The minimum absolute atomic E-state index is 0.124. The molecule has 1 aliphatic rings. The van der Waals surface area contributed by atoms with Crippen LogP contribution in [0.5, 0.6) is 0 Å². The van der Waals surface area contributed by atoms with Crippen LogP contribution in [0.4, 0.5) is 18.0 Å². The minimum atomic E-state index is -4.70. The van der Waals surface area contributed by atoms with E-state index in [-0.39, 0.29) is 19.0 Å². The molecule has 0 aliphatic carbocycles. The molecule has 5 nitrogen and oxygen atoms in total. The number of alkyl halides is 3. The van der Waals surface area contributed by atoms with Gasteiger partial charge in [0.15, 0.2) is 0 Å². The summed E-state index contributed by atoms with van der Waals surface area (Å²) in [4.78, 5) is 13.3. The van der Waals surface area contributed by atoms with Crippen LogP contribution in [0.25, 0.3) is 0 Å². The van der Waals surface area contributed by atoms with E-state index in [0.29, 0.717) is 6.54 Å². The summed E-state index contributed by atoms with van der Waals surface area (Å²) in [5.74, 6) is 0. The zero-order chi connectivity index (χ0) is 15.6. The van der Waals surface area contributed by atoms with Gasteiger partial charge in [0.05, 0.1) is 18.7 Å². The third-order valence-electron chi connectivity index (χ3n) is 2.74. The minimum Gasteiger partial charge on any atom is -0.444 e.